The second kappa shape index (κ2) is 6.89. The van der Waals surface area contributed by atoms with E-state index in [4.69, 9.17) is 16.7 Å². The maximum atomic E-state index is 12.2. The van der Waals surface area contributed by atoms with Gasteiger partial charge in [-0.05, 0) is 36.8 Å². The molecule has 0 saturated carbocycles. The lowest BCUT2D eigenvalue weighted by Gasteiger charge is -2.08. The van der Waals surface area contributed by atoms with Gasteiger partial charge in [-0.25, -0.2) is 0 Å². The zero-order valence-electron chi connectivity index (χ0n) is 11.4. The number of carbonyl (C=O) groups excluding carboxylic acids is 1. The fraction of sp³-hybridized carbons (Fsp3) is 0.125. The van der Waals surface area contributed by atoms with Gasteiger partial charge in [-0.1, -0.05) is 23.4 Å². The number of pyridine rings is 1. The predicted molar refractivity (Wildman–Crippen MR) is 82.3 cm³/mol. The van der Waals surface area contributed by atoms with Crippen LogP contribution >= 0.6 is 11.6 Å². The average molecular weight is 301 g/mol. The smallest absolute Gasteiger partial charge is 0.255 e. The second-order valence-electron chi connectivity index (χ2n) is 4.30. The zero-order chi connectivity index (χ0) is 15.2. The Morgan fingerprint density at radius 1 is 1.43 bits per heavy atom. The Balaban J connectivity index is 2.21. The number of nitrogens with one attached hydrogen (secondary N) is 1. The van der Waals surface area contributed by atoms with Crippen molar-refractivity contribution in [2.24, 2.45) is 0 Å². The number of nitrogens with zero attached hydrogens (tertiary/aromatic N) is 1. The number of halogens is 1. The van der Waals surface area contributed by atoms with E-state index in [2.05, 4.69) is 22.1 Å². The molecule has 0 atom stereocenters. The summed E-state index contributed by atoms with van der Waals surface area (Å²) in [5.41, 5.74) is 2.59. The van der Waals surface area contributed by atoms with Gasteiger partial charge in [0.25, 0.3) is 5.91 Å². The third-order valence-electron chi connectivity index (χ3n) is 2.80. The van der Waals surface area contributed by atoms with E-state index < -0.39 is 0 Å². The molecule has 0 spiro atoms. The molecule has 0 aliphatic carbocycles. The van der Waals surface area contributed by atoms with Crippen molar-refractivity contribution < 1.29 is 9.90 Å². The molecule has 2 N–H and O–H groups in total. The summed E-state index contributed by atoms with van der Waals surface area (Å²) in [7, 11) is 0. The van der Waals surface area contributed by atoms with E-state index >= 15 is 0 Å². The molecule has 0 bridgehead atoms. The van der Waals surface area contributed by atoms with E-state index in [0.717, 1.165) is 5.56 Å². The molecule has 0 aliphatic heterocycles. The van der Waals surface area contributed by atoms with Gasteiger partial charge in [0, 0.05) is 29.2 Å². The summed E-state index contributed by atoms with van der Waals surface area (Å²) >= 11 is 6.07. The number of hydrogen-bond donors (Lipinski definition) is 2. The van der Waals surface area contributed by atoms with Crippen molar-refractivity contribution in [1.29, 1.82) is 0 Å². The van der Waals surface area contributed by atoms with Crippen LogP contribution in [0.15, 0.2) is 36.7 Å². The van der Waals surface area contributed by atoms with Crippen LogP contribution in [0, 0.1) is 18.8 Å². The molecule has 1 amide bonds. The fourth-order valence-electron chi connectivity index (χ4n) is 1.70. The third-order valence-corrected chi connectivity index (χ3v) is 3.11. The van der Waals surface area contributed by atoms with Crippen LogP contribution < -0.4 is 5.32 Å². The minimum absolute atomic E-state index is 0.236. The minimum Gasteiger partial charge on any atom is -0.384 e. The molecular weight excluding hydrogens is 288 g/mol. The van der Waals surface area contributed by atoms with Crippen LogP contribution in [0.5, 0.6) is 0 Å². The zero-order valence-corrected chi connectivity index (χ0v) is 12.1. The number of aryl methyl sites for hydroxylation is 1. The van der Waals surface area contributed by atoms with Crippen LogP contribution in [-0.4, -0.2) is 22.6 Å². The number of aliphatic hydroxyl groups is 1. The van der Waals surface area contributed by atoms with Crippen LogP contribution in [0.25, 0.3) is 0 Å². The van der Waals surface area contributed by atoms with Gasteiger partial charge in [0.1, 0.15) is 6.61 Å². The summed E-state index contributed by atoms with van der Waals surface area (Å²) in [5, 5.41) is 11.8. The molecule has 2 aromatic rings. The molecule has 1 aromatic heterocycles. The van der Waals surface area contributed by atoms with Gasteiger partial charge in [-0.3, -0.25) is 9.78 Å². The molecule has 4 nitrogen and oxygen atoms in total. The summed E-state index contributed by atoms with van der Waals surface area (Å²) in [6.45, 7) is 1.63. The van der Waals surface area contributed by atoms with E-state index in [-0.39, 0.29) is 12.5 Å². The van der Waals surface area contributed by atoms with Gasteiger partial charge in [0.15, 0.2) is 0 Å². The van der Waals surface area contributed by atoms with Crippen LogP contribution in [-0.2, 0) is 0 Å². The summed E-state index contributed by atoms with van der Waals surface area (Å²) in [6.07, 6.45) is 3.29. The molecular formula is C16H13ClN2O2. The lowest BCUT2D eigenvalue weighted by atomic mass is 10.1. The number of anilines is 1. The molecule has 0 fully saturated rings. The fourth-order valence-corrected chi connectivity index (χ4v) is 1.93. The Hall–Kier alpha value is -2.35. The quantitative estimate of drug-likeness (QED) is 0.838. The maximum Gasteiger partial charge on any atom is 0.255 e. The first-order chi connectivity index (χ1) is 10.1. The van der Waals surface area contributed by atoms with E-state index in [1.54, 1.807) is 36.7 Å². The summed E-state index contributed by atoms with van der Waals surface area (Å²) in [5.74, 6) is 4.97. The van der Waals surface area contributed by atoms with Crippen molar-refractivity contribution in [2.75, 3.05) is 11.9 Å². The van der Waals surface area contributed by atoms with Gasteiger partial charge in [-0.2, -0.15) is 0 Å². The van der Waals surface area contributed by atoms with Gasteiger partial charge in [0.05, 0.1) is 5.02 Å². The maximum absolute atomic E-state index is 12.2. The first-order valence-corrected chi connectivity index (χ1v) is 6.61. The molecule has 5 heteroatoms. The lowest BCUT2D eigenvalue weighted by molar-refractivity contribution is 0.102. The van der Waals surface area contributed by atoms with Crippen molar-refractivity contribution in [3.8, 4) is 11.8 Å². The highest BCUT2D eigenvalue weighted by Gasteiger charge is 2.09. The van der Waals surface area contributed by atoms with Crippen LogP contribution in [0.4, 0.5) is 5.69 Å². The number of aromatic nitrogens is 1. The Morgan fingerprint density at radius 3 is 2.90 bits per heavy atom. The molecule has 21 heavy (non-hydrogen) atoms. The Labute approximate surface area is 127 Å². The van der Waals surface area contributed by atoms with Crippen molar-refractivity contribution in [2.45, 2.75) is 6.92 Å². The molecule has 0 radical (unpaired) electrons. The normalized spacial score (nSPS) is 9.67. The van der Waals surface area contributed by atoms with Crippen molar-refractivity contribution in [3.63, 3.8) is 0 Å². The monoisotopic (exact) mass is 300 g/mol. The summed E-state index contributed by atoms with van der Waals surface area (Å²) < 4.78 is 0. The highest BCUT2D eigenvalue weighted by molar-refractivity contribution is 6.32. The first kappa shape index (κ1) is 15.0. The Kier molecular flexibility index (Phi) is 4.94. The molecule has 0 unspecified atom stereocenters. The molecule has 1 heterocycles. The first-order valence-electron chi connectivity index (χ1n) is 6.23. The number of amides is 1. The van der Waals surface area contributed by atoms with Crippen molar-refractivity contribution in [1.82, 2.24) is 4.98 Å². The van der Waals surface area contributed by atoms with Gasteiger partial charge >= 0.3 is 0 Å². The topological polar surface area (TPSA) is 62.2 Å². The largest absolute Gasteiger partial charge is 0.384 e. The number of rotatable bonds is 2. The van der Waals surface area contributed by atoms with Crippen molar-refractivity contribution >= 4 is 23.2 Å². The number of hydrogen-bond acceptors (Lipinski definition) is 3. The summed E-state index contributed by atoms with van der Waals surface area (Å²) in [6, 6.07) is 6.57. The lowest BCUT2D eigenvalue weighted by Crippen LogP contribution is -2.12. The summed E-state index contributed by atoms with van der Waals surface area (Å²) in [4.78, 5) is 16.1. The minimum atomic E-state index is -0.257. The molecule has 0 saturated heterocycles. The van der Waals surface area contributed by atoms with E-state index in [0.29, 0.717) is 21.8 Å². The Bertz CT molecular complexity index is 733. The predicted octanol–water partition coefficient (Wildman–Crippen LogP) is 2.64. The highest BCUT2D eigenvalue weighted by atomic mass is 35.5. The van der Waals surface area contributed by atoms with Crippen LogP contribution in [0.1, 0.15) is 21.5 Å². The second-order valence-corrected chi connectivity index (χ2v) is 4.71. The number of benzene rings is 1. The van der Waals surface area contributed by atoms with E-state index in [9.17, 15) is 4.79 Å². The molecule has 1 aromatic carbocycles. The SMILES string of the molecule is Cc1cnccc1NC(=O)c1ccc(C#CCO)c(Cl)c1. The van der Waals surface area contributed by atoms with E-state index in [1.165, 1.54) is 0 Å². The van der Waals surface area contributed by atoms with Gasteiger partial charge in [-0.15, -0.1) is 0 Å². The van der Waals surface area contributed by atoms with E-state index in [1.807, 2.05) is 6.92 Å². The van der Waals surface area contributed by atoms with Crippen molar-refractivity contribution in [3.05, 3.63) is 58.4 Å². The molecule has 106 valence electrons. The average Bonchev–Trinajstić information content (AvgIpc) is 2.48. The van der Waals surface area contributed by atoms with Gasteiger partial charge < -0.3 is 10.4 Å². The number of carbonyl (C=O) groups is 1. The Morgan fingerprint density at radius 2 is 2.24 bits per heavy atom. The highest BCUT2D eigenvalue weighted by Crippen LogP contribution is 2.19. The third kappa shape index (κ3) is 3.82. The molecule has 0 aliphatic rings. The molecule has 2 rings (SSSR count). The standard InChI is InChI=1S/C16H13ClN2O2/c1-11-10-18-7-6-15(11)19-16(21)13-5-4-12(3-2-8-20)14(17)9-13/h4-7,9-10,20H,8H2,1H3,(H,18,19,21). The van der Waals surface area contributed by atoms with Crippen LogP contribution in [0.2, 0.25) is 5.02 Å². The number of aliphatic hydroxyl groups excluding tert-OH is 1. The van der Waals surface area contributed by atoms with Crippen LogP contribution in [0.3, 0.4) is 0 Å². The van der Waals surface area contributed by atoms with Gasteiger partial charge in [0.2, 0.25) is 0 Å².